The highest BCUT2D eigenvalue weighted by Crippen LogP contribution is 2.13. The number of aromatic amines is 1. The van der Waals surface area contributed by atoms with Crippen molar-refractivity contribution in [2.45, 2.75) is 32.1 Å². The third-order valence-corrected chi connectivity index (χ3v) is 4.32. The summed E-state index contributed by atoms with van der Waals surface area (Å²) < 4.78 is 6.39. The molecule has 1 aromatic heterocycles. The van der Waals surface area contributed by atoms with Crippen molar-refractivity contribution in [2.75, 3.05) is 13.1 Å². The average molecular weight is 361 g/mol. The number of aliphatic carboxylic acids is 1. The molecule has 2 aromatic rings. The van der Waals surface area contributed by atoms with Crippen molar-refractivity contribution >= 4 is 22.6 Å². The van der Waals surface area contributed by atoms with Gasteiger partial charge in [0.25, 0.3) is 11.1 Å². The van der Waals surface area contributed by atoms with E-state index in [2.05, 4.69) is 5.10 Å². The zero-order valence-electron chi connectivity index (χ0n) is 14.2. The maximum absolute atomic E-state index is 12.4. The predicted molar refractivity (Wildman–Crippen MR) is 92.0 cm³/mol. The Morgan fingerprint density at radius 3 is 2.62 bits per heavy atom. The van der Waals surface area contributed by atoms with Gasteiger partial charge >= 0.3 is 5.97 Å². The normalized spacial score (nSPS) is 20.3. The molecule has 1 amide bonds. The molecule has 1 aromatic carbocycles. The Bertz CT molecular complexity index is 963. The second-order valence-corrected chi connectivity index (χ2v) is 6.27. The first kappa shape index (κ1) is 17.9. The summed E-state index contributed by atoms with van der Waals surface area (Å²) in [6, 6.07) is 6.46. The molecule has 0 spiro atoms. The number of aryl methyl sites for hydroxylation is 1. The van der Waals surface area contributed by atoms with E-state index < -0.39 is 23.7 Å². The van der Waals surface area contributed by atoms with Crippen LogP contribution in [0.2, 0.25) is 0 Å². The summed E-state index contributed by atoms with van der Waals surface area (Å²) in [6.45, 7) is 1.94. The Morgan fingerprint density at radius 2 is 1.92 bits per heavy atom. The highest BCUT2D eigenvalue weighted by molar-refractivity contribution is 5.80. The first-order valence-electron chi connectivity index (χ1n) is 8.24. The molecule has 0 aliphatic carbocycles. The molecular formula is C17H19N3O6. The minimum Gasteiger partial charge on any atom is -0.479 e. The molecule has 1 aliphatic rings. The van der Waals surface area contributed by atoms with E-state index in [0.717, 1.165) is 4.68 Å². The molecule has 9 heteroatoms. The monoisotopic (exact) mass is 361 g/mol. The van der Waals surface area contributed by atoms with Gasteiger partial charge in [0.05, 0.1) is 30.0 Å². The van der Waals surface area contributed by atoms with Crippen molar-refractivity contribution in [2.24, 2.45) is 0 Å². The Labute approximate surface area is 147 Å². The molecule has 26 heavy (non-hydrogen) atoms. The number of hydrogen-bond acceptors (Lipinski definition) is 5. The van der Waals surface area contributed by atoms with E-state index in [1.165, 1.54) is 4.90 Å². The lowest BCUT2D eigenvalue weighted by Gasteiger charge is -2.35. The van der Waals surface area contributed by atoms with Gasteiger partial charge in [-0.3, -0.25) is 19.5 Å². The van der Waals surface area contributed by atoms with Crippen molar-refractivity contribution in [1.29, 1.82) is 0 Å². The smallest absolute Gasteiger partial charge is 0.334 e. The van der Waals surface area contributed by atoms with Crippen LogP contribution in [0.15, 0.2) is 33.9 Å². The van der Waals surface area contributed by atoms with E-state index in [-0.39, 0.29) is 42.9 Å². The topological polar surface area (TPSA) is 122 Å². The molecular weight excluding hydrogens is 342 g/mol. The maximum atomic E-state index is 12.4. The van der Waals surface area contributed by atoms with Crippen LogP contribution in [0, 0.1) is 0 Å². The fraction of sp³-hybridized carbons (Fsp3) is 0.412. The van der Waals surface area contributed by atoms with Crippen LogP contribution in [0.25, 0.3) is 10.8 Å². The zero-order chi connectivity index (χ0) is 18.8. The number of carbonyl (C=O) groups excluding carboxylic acids is 1. The Hall–Kier alpha value is -2.94. The zero-order valence-corrected chi connectivity index (χ0v) is 14.2. The highest BCUT2D eigenvalue weighted by Gasteiger charge is 2.32. The number of rotatable bonds is 4. The quantitative estimate of drug-likeness (QED) is 0.776. The van der Waals surface area contributed by atoms with E-state index in [1.54, 1.807) is 31.2 Å². The van der Waals surface area contributed by atoms with Gasteiger partial charge in [0.1, 0.15) is 0 Å². The molecule has 9 nitrogen and oxygen atoms in total. The van der Waals surface area contributed by atoms with Gasteiger partial charge in [-0.25, -0.2) is 9.48 Å². The fourth-order valence-electron chi connectivity index (χ4n) is 3.06. The maximum Gasteiger partial charge on any atom is 0.334 e. The standard InChI is InChI=1S/C17H19N3O6/c1-10-8-19(9-13(26-10)17(24)25)14(21)6-7-20-16(23)12-5-3-2-4-11(12)15(22)18-20/h2-5,10,13H,6-9H2,1H3,(H,18,22)(H,24,25)/t10-,13?/m1/s1. The highest BCUT2D eigenvalue weighted by atomic mass is 16.5. The number of carboxylic acids is 1. The number of hydrogen-bond donors (Lipinski definition) is 2. The molecule has 0 radical (unpaired) electrons. The van der Waals surface area contributed by atoms with Crippen molar-refractivity contribution in [3.8, 4) is 0 Å². The lowest BCUT2D eigenvalue weighted by molar-refractivity contribution is -0.166. The van der Waals surface area contributed by atoms with E-state index in [4.69, 9.17) is 9.84 Å². The summed E-state index contributed by atoms with van der Waals surface area (Å²) in [5.41, 5.74) is -0.787. The van der Waals surface area contributed by atoms with Gasteiger partial charge in [-0.05, 0) is 19.1 Å². The molecule has 2 atom stereocenters. The lowest BCUT2D eigenvalue weighted by Crippen LogP contribution is -2.52. The summed E-state index contributed by atoms with van der Waals surface area (Å²) in [7, 11) is 0. The molecule has 3 rings (SSSR count). The minimum absolute atomic E-state index is 0.00121. The van der Waals surface area contributed by atoms with Gasteiger partial charge in [0, 0.05) is 13.0 Å². The molecule has 1 unspecified atom stereocenters. The molecule has 2 heterocycles. The number of aromatic nitrogens is 2. The second kappa shape index (κ2) is 7.12. The summed E-state index contributed by atoms with van der Waals surface area (Å²) >= 11 is 0. The third kappa shape index (κ3) is 3.52. The van der Waals surface area contributed by atoms with Crippen LogP contribution in [-0.4, -0.2) is 57.0 Å². The third-order valence-electron chi connectivity index (χ3n) is 4.32. The van der Waals surface area contributed by atoms with E-state index in [1.807, 2.05) is 0 Å². The second-order valence-electron chi connectivity index (χ2n) is 6.27. The summed E-state index contributed by atoms with van der Waals surface area (Å²) in [5.74, 6) is -1.42. The number of nitrogens with zero attached hydrogens (tertiary/aromatic N) is 2. The molecule has 0 bridgehead atoms. The van der Waals surface area contributed by atoms with Gasteiger partial charge in [-0.1, -0.05) is 12.1 Å². The van der Waals surface area contributed by atoms with E-state index in [9.17, 15) is 19.2 Å². The van der Waals surface area contributed by atoms with Crippen LogP contribution in [-0.2, 0) is 20.9 Å². The summed E-state index contributed by atoms with van der Waals surface area (Å²) in [6.07, 6.45) is -1.49. The molecule has 1 saturated heterocycles. The Morgan fingerprint density at radius 1 is 1.23 bits per heavy atom. The minimum atomic E-state index is -1.12. The van der Waals surface area contributed by atoms with E-state index >= 15 is 0 Å². The molecule has 1 aliphatic heterocycles. The van der Waals surface area contributed by atoms with Crippen molar-refractivity contribution in [3.05, 3.63) is 45.0 Å². The van der Waals surface area contributed by atoms with Gasteiger partial charge in [-0.2, -0.15) is 0 Å². The van der Waals surface area contributed by atoms with Crippen LogP contribution < -0.4 is 11.1 Å². The molecule has 1 fully saturated rings. The largest absolute Gasteiger partial charge is 0.479 e. The number of nitrogens with one attached hydrogen (secondary N) is 1. The number of morpholine rings is 1. The number of ether oxygens (including phenoxy) is 1. The fourth-order valence-corrected chi connectivity index (χ4v) is 3.06. The van der Waals surface area contributed by atoms with Crippen molar-refractivity contribution in [1.82, 2.24) is 14.7 Å². The molecule has 138 valence electrons. The molecule has 2 N–H and O–H groups in total. The van der Waals surface area contributed by atoms with Gasteiger partial charge in [0.15, 0.2) is 6.10 Å². The van der Waals surface area contributed by atoms with Crippen LogP contribution >= 0.6 is 0 Å². The van der Waals surface area contributed by atoms with Crippen LogP contribution in [0.1, 0.15) is 13.3 Å². The van der Waals surface area contributed by atoms with Gasteiger partial charge in [0.2, 0.25) is 5.91 Å². The molecule has 0 saturated carbocycles. The first-order chi connectivity index (χ1) is 12.4. The lowest BCUT2D eigenvalue weighted by atomic mass is 10.2. The number of amides is 1. The Kier molecular flexibility index (Phi) is 4.90. The van der Waals surface area contributed by atoms with Gasteiger partial charge in [-0.15, -0.1) is 0 Å². The average Bonchev–Trinajstić information content (AvgIpc) is 2.62. The van der Waals surface area contributed by atoms with Crippen LogP contribution in [0.3, 0.4) is 0 Å². The SMILES string of the molecule is C[C@@H]1CN(C(=O)CCn2[nH]c(=O)c3ccccc3c2=O)CC(C(=O)O)O1. The van der Waals surface area contributed by atoms with Crippen molar-refractivity contribution in [3.63, 3.8) is 0 Å². The summed E-state index contributed by atoms with van der Waals surface area (Å²) in [5, 5.41) is 12.1. The predicted octanol–water partition coefficient (Wildman–Crippen LogP) is -0.220. The first-order valence-corrected chi connectivity index (χ1v) is 8.24. The number of H-pyrrole nitrogens is 1. The number of benzene rings is 1. The van der Waals surface area contributed by atoms with Crippen LogP contribution in [0.5, 0.6) is 0 Å². The van der Waals surface area contributed by atoms with Crippen LogP contribution in [0.4, 0.5) is 0 Å². The number of fused-ring (bicyclic) bond motifs is 1. The number of carbonyl (C=O) groups is 2. The van der Waals surface area contributed by atoms with E-state index in [0.29, 0.717) is 5.39 Å². The van der Waals surface area contributed by atoms with Crippen molar-refractivity contribution < 1.29 is 19.4 Å². The summed E-state index contributed by atoms with van der Waals surface area (Å²) in [4.78, 5) is 49.4. The number of carboxylic acid groups (broad SMARTS) is 1. The Balaban J connectivity index is 1.75. The van der Waals surface area contributed by atoms with Gasteiger partial charge < -0.3 is 14.7 Å².